The minimum atomic E-state index is -2.75. The number of hydrogen-bond donors (Lipinski definition) is 1. The van der Waals surface area contributed by atoms with E-state index in [-0.39, 0.29) is 53.8 Å². The summed E-state index contributed by atoms with van der Waals surface area (Å²) in [6, 6.07) is 11.9. The van der Waals surface area contributed by atoms with Gasteiger partial charge >= 0.3 is 6.01 Å². The van der Waals surface area contributed by atoms with Crippen LogP contribution in [-0.2, 0) is 0 Å². The second kappa shape index (κ2) is 10.5. The molecule has 5 rings (SSSR count). The van der Waals surface area contributed by atoms with Crippen molar-refractivity contribution in [2.75, 3.05) is 45.2 Å². The van der Waals surface area contributed by atoms with E-state index in [9.17, 15) is 13.9 Å². The van der Waals surface area contributed by atoms with Crippen LogP contribution in [0.5, 0.6) is 11.8 Å². The van der Waals surface area contributed by atoms with E-state index in [1.807, 2.05) is 43.3 Å². The summed E-state index contributed by atoms with van der Waals surface area (Å²) in [6.07, 6.45) is 0.0332. The Morgan fingerprint density at radius 1 is 1.08 bits per heavy atom. The molecule has 3 aromatic carbocycles. The Hall–Kier alpha value is -3.30. The van der Waals surface area contributed by atoms with Crippen molar-refractivity contribution >= 4 is 39.1 Å². The fraction of sp³-hybridized carbons (Fsp3) is 0.357. The zero-order chi connectivity index (χ0) is 27.0. The van der Waals surface area contributed by atoms with Gasteiger partial charge in [0.1, 0.15) is 17.1 Å². The van der Waals surface area contributed by atoms with E-state index in [1.165, 1.54) is 6.07 Å². The highest BCUT2D eigenvalue weighted by molar-refractivity contribution is 6.35. The molecule has 1 N–H and O–H groups in total. The van der Waals surface area contributed by atoms with Crippen LogP contribution in [-0.4, -0.2) is 66.2 Å². The van der Waals surface area contributed by atoms with Gasteiger partial charge in [-0.3, -0.25) is 0 Å². The van der Waals surface area contributed by atoms with Crippen molar-refractivity contribution in [3.63, 3.8) is 0 Å². The number of nitrogens with zero attached hydrogens (tertiary/aromatic N) is 4. The summed E-state index contributed by atoms with van der Waals surface area (Å²) in [4.78, 5) is 12.6. The Kier molecular flexibility index (Phi) is 7.24. The van der Waals surface area contributed by atoms with Crippen LogP contribution in [0.4, 0.5) is 19.0 Å². The maximum Gasteiger partial charge on any atom is 0.319 e. The molecule has 1 aromatic heterocycles. The summed E-state index contributed by atoms with van der Waals surface area (Å²) in [7, 11) is 3.89. The molecule has 6 nitrogen and oxygen atoms in total. The number of benzene rings is 3. The number of halogens is 4. The van der Waals surface area contributed by atoms with E-state index in [4.69, 9.17) is 16.3 Å². The molecule has 1 fully saturated rings. The minimum absolute atomic E-state index is 0.0261. The van der Waals surface area contributed by atoms with Gasteiger partial charge < -0.3 is 19.6 Å². The van der Waals surface area contributed by atoms with Gasteiger partial charge in [-0.15, -0.1) is 0 Å². The molecule has 38 heavy (non-hydrogen) atoms. The average Bonchev–Trinajstić information content (AvgIpc) is 2.86. The molecule has 0 spiro atoms. The quantitative estimate of drug-likeness (QED) is 0.267. The van der Waals surface area contributed by atoms with Crippen LogP contribution in [0.25, 0.3) is 32.8 Å². The lowest BCUT2D eigenvalue weighted by atomic mass is 9.96. The number of fused-ring (bicyclic) bond motifs is 2. The van der Waals surface area contributed by atoms with Gasteiger partial charge in [0, 0.05) is 43.4 Å². The monoisotopic (exact) mass is 544 g/mol. The predicted octanol–water partition coefficient (Wildman–Crippen LogP) is 6.51. The lowest BCUT2D eigenvalue weighted by Gasteiger charge is -2.33. The van der Waals surface area contributed by atoms with Crippen LogP contribution in [0.15, 0.2) is 42.5 Å². The number of aromatic nitrogens is 2. The van der Waals surface area contributed by atoms with Gasteiger partial charge in [0.05, 0.1) is 11.6 Å². The molecule has 4 aromatic rings. The third kappa shape index (κ3) is 5.31. The molecule has 1 aliphatic rings. The first kappa shape index (κ1) is 26.3. The second-order valence-electron chi connectivity index (χ2n) is 9.84. The van der Waals surface area contributed by atoms with Crippen LogP contribution in [0.3, 0.4) is 0 Å². The highest BCUT2D eigenvalue weighted by Crippen LogP contribution is 2.43. The lowest BCUT2D eigenvalue weighted by Crippen LogP contribution is -2.40. The van der Waals surface area contributed by atoms with Gasteiger partial charge in [-0.05, 0) is 55.1 Å². The van der Waals surface area contributed by atoms with Gasteiger partial charge in [-0.2, -0.15) is 9.97 Å². The molecule has 0 amide bonds. The number of piperidine rings is 1. The van der Waals surface area contributed by atoms with Crippen molar-refractivity contribution in [2.45, 2.75) is 25.2 Å². The number of phenols is 1. The third-order valence-corrected chi connectivity index (χ3v) is 7.03. The van der Waals surface area contributed by atoms with Crippen LogP contribution in [0, 0.1) is 5.82 Å². The molecule has 0 unspecified atom stereocenters. The average molecular weight is 545 g/mol. The first-order chi connectivity index (χ1) is 18.1. The van der Waals surface area contributed by atoms with Crippen molar-refractivity contribution < 1.29 is 23.0 Å². The summed E-state index contributed by atoms with van der Waals surface area (Å²) in [5, 5.41) is 12.2. The highest BCUT2D eigenvalue weighted by atomic mass is 35.5. The number of aromatic hydroxyl groups is 1. The number of alkyl halides is 2. The molecule has 200 valence electrons. The molecule has 0 bridgehead atoms. The van der Waals surface area contributed by atoms with Crippen LogP contribution in [0.1, 0.15) is 19.3 Å². The van der Waals surface area contributed by atoms with Gasteiger partial charge in [-0.25, -0.2) is 13.2 Å². The van der Waals surface area contributed by atoms with E-state index >= 15 is 4.39 Å². The molecular formula is C28H28ClF3N4O2. The van der Waals surface area contributed by atoms with Crippen molar-refractivity contribution in [1.29, 1.82) is 0 Å². The minimum Gasteiger partial charge on any atom is -0.508 e. The van der Waals surface area contributed by atoms with Crippen molar-refractivity contribution in [3.05, 3.63) is 53.3 Å². The fourth-order valence-corrected chi connectivity index (χ4v) is 5.10. The Morgan fingerprint density at radius 3 is 2.55 bits per heavy atom. The predicted molar refractivity (Wildman–Crippen MR) is 144 cm³/mol. The number of phenolic OH excluding ortho intramolecular Hbond substituents is 1. The second-order valence-corrected chi connectivity index (χ2v) is 10.2. The SMILES string of the molecule is CN(C)CCCOc1nc(N2CCC(F)(F)CC2)c2cc(Cl)c(-c3cc(O)cc4ccccc34)c(F)c2n1. The standard InChI is InChI=1S/C28H28ClF3N4O2/c1-35(2)10-5-13-38-27-33-25-21(26(34-27)36-11-8-28(31,32)9-12-36)16-22(29)23(24(25)30)20-15-18(37)14-17-6-3-4-7-19(17)20/h3-4,6-7,14-16,37H,5,8-13H2,1-2H3. The molecule has 10 heteroatoms. The van der Waals surface area contributed by atoms with Crippen molar-refractivity contribution in [1.82, 2.24) is 14.9 Å². The molecule has 0 atom stereocenters. The zero-order valence-electron chi connectivity index (χ0n) is 21.1. The number of anilines is 1. The van der Waals surface area contributed by atoms with E-state index in [0.29, 0.717) is 35.2 Å². The summed E-state index contributed by atoms with van der Waals surface area (Å²) < 4.78 is 50.0. The third-order valence-electron chi connectivity index (χ3n) is 6.73. The maximum atomic E-state index is 16.4. The van der Waals surface area contributed by atoms with Crippen molar-refractivity contribution in [2.24, 2.45) is 0 Å². The smallest absolute Gasteiger partial charge is 0.319 e. The summed E-state index contributed by atoms with van der Waals surface area (Å²) in [6.45, 7) is 1.19. The molecule has 0 radical (unpaired) electrons. The summed E-state index contributed by atoms with van der Waals surface area (Å²) >= 11 is 6.67. The van der Waals surface area contributed by atoms with E-state index in [1.54, 1.807) is 17.0 Å². The van der Waals surface area contributed by atoms with Gasteiger partial charge in [-0.1, -0.05) is 35.9 Å². The van der Waals surface area contributed by atoms with E-state index < -0.39 is 11.7 Å². The van der Waals surface area contributed by atoms with Crippen LogP contribution in [0.2, 0.25) is 5.02 Å². The topological polar surface area (TPSA) is 61.7 Å². The first-order valence-corrected chi connectivity index (χ1v) is 12.8. The molecule has 1 aliphatic heterocycles. The lowest BCUT2D eigenvalue weighted by molar-refractivity contribution is -0.0221. The number of rotatable bonds is 7. The normalized spacial score (nSPS) is 15.5. The van der Waals surface area contributed by atoms with E-state index in [2.05, 4.69) is 9.97 Å². The molecule has 2 heterocycles. The Bertz CT molecular complexity index is 1490. The Morgan fingerprint density at radius 2 is 1.82 bits per heavy atom. The number of ether oxygens (including phenoxy) is 1. The van der Waals surface area contributed by atoms with Crippen LogP contribution < -0.4 is 9.64 Å². The molecule has 0 saturated carbocycles. The summed E-state index contributed by atoms with van der Waals surface area (Å²) in [5.74, 6) is -3.18. The molecular weight excluding hydrogens is 517 g/mol. The highest BCUT2D eigenvalue weighted by Gasteiger charge is 2.35. The van der Waals surface area contributed by atoms with Crippen LogP contribution >= 0.6 is 11.6 Å². The Balaban J connectivity index is 1.66. The fourth-order valence-electron chi connectivity index (χ4n) is 4.80. The van der Waals surface area contributed by atoms with Gasteiger partial charge in [0.25, 0.3) is 5.92 Å². The molecule has 0 aliphatic carbocycles. The number of hydrogen-bond acceptors (Lipinski definition) is 6. The van der Waals surface area contributed by atoms with Gasteiger partial charge in [0.2, 0.25) is 0 Å². The molecule has 1 saturated heterocycles. The Labute approximate surface area is 223 Å². The zero-order valence-corrected chi connectivity index (χ0v) is 21.9. The summed E-state index contributed by atoms with van der Waals surface area (Å²) in [5.41, 5.74) is 0.470. The maximum absolute atomic E-state index is 16.4. The van der Waals surface area contributed by atoms with E-state index in [0.717, 1.165) is 11.9 Å². The van der Waals surface area contributed by atoms with Gasteiger partial charge in [0.15, 0.2) is 5.82 Å². The first-order valence-electron chi connectivity index (χ1n) is 12.4. The largest absolute Gasteiger partial charge is 0.508 e. The van der Waals surface area contributed by atoms with Crippen molar-refractivity contribution in [3.8, 4) is 22.9 Å².